The third-order valence-corrected chi connectivity index (χ3v) is 11.4. The summed E-state index contributed by atoms with van der Waals surface area (Å²) < 4.78 is 7.06. The number of thiocarbonyl (C=S) groups is 1. The molecule has 0 spiro atoms. The number of likely N-dealkylation sites (N-methyl/N-ethyl adjacent to an activating group) is 1. The number of carbonyl (C=O) groups is 1. The Morgan fingerprint density at radius 1 is 0.863 bits per heavy atom. The SMILES string of the molecule is CCN1CC2(CC)O[C@@H](c3ccnc4ccc(NC(=S)Nc5ccc6ccccc6c5-c5c(NC(C)=O)ccc6ccccc56)cc34)C1CC2C. The number of piperidine rings is 1. The number of hydrogen-bond acceptors (Lipinski definition) is 5. The number of nitrogens with zero attached hydrogens (tertiary/aromatic N) is 2. The fourth-order valence-corrected chi connectivity index (χ4v) is 8.79. The number of nitrogens with one attached hydrogen (secondary N) is 3. The van der Waals surface area contributed by atoms with Crippen LogP contribution in [0.5, 0.6) is 0 Å². The molecule has 258 valence electrons. The van der Waals surface area contributed by atoms with Crippen molar-refractivity contribution in [2.45, 2.75) is 58.3 Å². The van der Waals surface area contributed by atoms with Crippen LogP contribution in [0, 0.1) is 5.92 Å². The summed E-state index contributed by atoms with van der Waals surface area (Å²) in [6, 6.07) is 33.4. The average Bonchev–Trinajstić information content (AvgIpc) is 3.14. The van der Waals surface area contributed by atoms with Crippen molar-refractivity contribution in [2.24, 2.45) is 5.92 Å². The molecule has 1 aromatic heterocycles. The van der Waals surface area contributed by atoms with Crippen molar-refractivity contribution in [3.05, 3.63) is 109 Å². The van der Waals surface area contributed by atoms with Crippen molar-refractivity contribution >= 4 is 72.7 Å². The molecule has 8 heteroatoms. The first kappa shape index (κ1) is 33.3. The Balaban J connectivity index is 1.16. The highest BCUT2D eigenvalue weighted by Crippen LogP contribution is 2.51. The minimum Gasteiger partial charge on any atom is -0.364 e. The van der Waals surface area contributed by atoms with E-state index in [1.807, 2.05) is 48.7 Å². The molecule has 4 atom stereocenters. The van der Waals surface area contributed by atoms with Gasteiger partial charge in [0, 0.05) is 59.3 Å². The van der Waals surface area contributed by atoms with Crippen molar-refractivity contribution in [3.8, 4) is 11.1 Å². The van der Waals surface area contributed by atoms with Crippen LogP contribution in [0.1, 0.15) is 52.2 Å². The first-order valence-electron chi connectivity index (χ1n) is 18.0. The van der Waals surface area contributed by atoms with Crippen molar-refractivity contribution in [1.82, 2.24) is 9.88 Å². The summed E-state index contributed by atoms with van der Waals surface area (Å²) in [5, 5.41) is 15.9. The van der Waals surface area contributed by atoms with Gasteiger partial charge in [0.2, 0.25) is 5.91 Å². The topological polar surface area (TPSA) is 78.5 Å². The van der Waals surface area contributed by atoms with E-state index in [0.29, 0.717) is 17.1 Å². The zero-order valence-electron chi connectivity index (χ0n) is 29.5. The number of pyridine rings is 1. The number of benzene rings is 5. The summed E-state index contributed by atoms with van der Waals surface area (Å²) in [4.78, 5) is 19.8. The largest absolute Gasteiger partial charge is 0.364 e. The lowest BCUT2D eigenvalue weighted by Gasteiger charge is -2.59. The molecule has 3 saturated heterocycles. The van der Waals surface area contributed by atoms with E-state index in [-0.39, 0.29) is 17.6 Å². The highest BCUT2D eigenvalue weighted by atomic mass is 32.1. The van der Waals surface area contributed by atoms with Crippen LogP contribution in [0.25, 0.3) is 43.6 Å². The molecule has 3 aliphatic rings. The fourth-order valence-electron chi connectivity index (χ4n) is 8.56. The molecule has 7 nitrogen and oxygen atoms in total. The number of amides is 1. The average molecular weight is 694 g/mol. The van der Waals surface area contributed by atoms with Gasteiger partial charge < -0.3 is 20.7 Å². The van der Waals surface area contributed by atoms with Crippen LogP contribution in [-0.2, 0) is 9.53 Å². The van der Waals surface area contributed by atoms with Gasteiger partial charge in [-0.15, -0.1) is 0 Å². The van der Waals surface area contributed by atoms with Crippen LogP contribution in [0.4, 0.5) is 17.1 Å². The molecule has 51 heavy (non-hydrogen) atoms. The van der Waals surface area contributed by atoms with Gasteiger partial charge in [0.05, 0.1) is 17.2 Å². The second-order valence-corrected chi connectivity index (χ2v) is 14.4. The molecule has 9 rings (SSSR count). The molecule has 3 fully saturated rings. The van der Waals surface area contributed by atoms with Gasteiger partial charge in [0.15, 0.2) is 5.11 Å². The Kier molecular flexibility index (Phi) is 8.70. The summed E-state index contributed by atoms with van der Waals surface area (Å²) in [7, 11) is 0. The molecule has 0 aliphatic carbocycles. The van der Waals surface area contributed by atoms with Crippen molar-refractivity contribution in [3.63, 3.8) is 0 Å². The van der Waals surface area contributed by atoms with Crippen LogP contribution in [-0.4, -0.2) is 45.6 Å². The van der Waals surface area contributed by atoms with Crippen LogP contribution < -0.4 is 16.0 Å². The van der Waals surface area contributed by atoms with E-state index in [9.17, 15) is 4.79 Å². The van der Waals surface area contributed by atoms with Gasteiger partial charge in [-0.1, -0.05) is 81.4 Å². The number of morpholine rings is 1. The number of rotatable bonds is 7. The molecular formula is C43H43N5O2S. The Morgan fingerprint density at radius 3 is 2.18 bits per heavy atom. The zero-order valence-corrected chi connectivity index (χ0v) is 30.3. The van der Waals surface area contributed by atoms with Crippen molar-refractivity contribution in [1.29, 1.82) is 0 Å². The molecule has 0 saturated carbocycles. The molecule has 6 aromatic rings. The van der Waals surface area contributed by atoms with E-state index < -0.39 is 0 Å². The number of aromatic nitrogens is 1. The third kappa shape index (κ3) is 5.91. The van der Waals surface area contributed by atoms with Gasteiger partial charge in [-0.2, -0.15) is 0 Å². The minimum absolute atomic E-state index is 0.0284. The smallest absolute Gasteiger partial charge is 0.221 e. The van der Waals surface area contributed by atoms with E-state index in [0.717, 1.165) is 86.6 Å². The van der Waals surface area contributed by atoms with Gasteiger partial charge in [-0.25, -0.2) is 0 Å². The van der Waals surface area contributed by atoms with Gasteiger partial charge >= 0.3 is 0 Å². The maximum Gasteiger partial charge on any atom is 0.221 e. The van der Waals surface area contributed by atoms with Gasteiger partial charge in [-0.05, 0) is 101 Å². The maximum absolute atomic E-state index is 12.4. The third-order valence-electron chi connectivity index (χ3n) is 11.2. The maximum atomic E-state index is 12.4. The molecule has 3 aliphatic heterocycles. The Morgan fingerprint density at radius 2 is 1.53 bits per heavy atom. The summed E-state index contributed by atoms with van der Waals surface area (Å²) in [6.07, 6.45) is 3.99. The Hall–Kier alpha value is -4.89. The number of ether oxygens (including phenoxy) is 1. The van der Waals surface area contributed by atoms with E-state index in [1.54, 1.807) is 0 Å². The molecule has 3 N–H and O–H groups in total. The van der Waals surface area contributed by atoms with E-state index in [4.69, 9.17) is 21.9 Å². The zero-order chi connectivity index (χ0) is 35.3. The predicted octanol–water partition coefficient (Wildman–Crippen LogP) is 9.93. The van der Waals surface area contributed by atoms with Crippen LogP contribution in [0.2, 0.25) is 0 Å². The number of carbonyl (C=O) groups excluding carboxylic acids is 1. The lowest BCUT2D eigenvalue weighted by Crippen LogP contribution is -2.65. The highest BCUT2D eigenvalue weighted by Gasteiger charge is 2.54. The molecule has 1 amide bonds. The molecule has 3 unspecified atom stereocenters. The van der Waals surface area contributed by atoms with E-state index >= 15 is 0 Å². The lowest BCUT2D eigenvalue weighted by molar-refractivity contribution is -0.247. The lowest BCUT2D eigenvalue weighted by atomic mass is 9.71. The van der Waals surface area contributed by atoms with Gasteiger partial charge in [0.25, 0.3) is 0 Å². The number of hydrogen-bond donors (Lipinski definition) is 3. The van der Waals surface area contributed by atoms with E-state index in [2.05, 4.69) is 96.2 Å². The van der Waals surface area contributed by atoms with Gasteiger partial charge in [-0.3, -0.25) is 14.7 Å². The standard InChI is InChI=1S/C43H43N5O2S/c1-5-43-25-48(6-2)38(23-26(43)3)41(50-43)33-21-22-44-35-20-17-30(24-34(33)35)46-42(51)47-37-19-16-29-12-8-10-14-32(29)40(37)39-31-13-9-7-11-28(31)15-18-36(39)45-27(4)49/h7-22,24,26,38,41H,5-6,23,25H2,1-4H3,(H,45,49)(H2,46,47,51)/t26?,38?,41-,43?/m0/s1. The number of anilines is 3. The molecule has 2 bridgehead atoms. The molecule has 5 aromatic carbocycles. The monoisotopic (exact) mass is 693 g/mol. The Bertz CT molecular complexity index is 2320. The van der Waals surface area contributed by atoms with Gasteiger partial charge in [0.1, 0.15) is 0 Å². The highest BCUT2D eigenvalue weighted by molar-refractivity contribution is 7.80. The summed E-state index contributed by atoms with van der Waals surface area (Å²) in [5.41, 5.74) is 6.31. The molecular weight excluding hydrogens is 651 g/mol. The summed E-state index contributed by atoms with van der Waals surface area (Å²) in [6.45, 7) is 10.4. The van der Waals surface area contributed by atoms with Crippen molar-refractivity contribution < 1.29 is 9.53 Å². The van der Waals surface area contributed by atoms with Crippen LogP contribution in [0.15, 0.2) is 103 Å². The van der Waals surface area contributed by atoms with E-state index in [1.165, 1.54) is 12.5 Å². The van der Waals surface area contributed by atoms with Crippen LogP contribution in [0.3, 0.4) is 0 Å². The molecule has 4 heterocycles. The summed E-state index contributed by atoms with van der Waals surface area (Å²) in [5.74, 6) is 0.389. The van der Waals surface area contributed by atoms with Crippen LogP contribution >= 0.6 is 12.2 Å². The first-order valence-corrected chi connectivity index (χ1v) is 18.4. The minimum atomic E-state index is -0.145. The predicted molar refractivity (Wildman–Crippen MR) is 214 cm³/mol. The summed E-state index contributed by atoms with van der Waals surface area (Å²) >= 11 is 6.01. The number of fused-ring (bicyclic) bond motifs is 6. The Labute approximate surface area is 304 Å². The second kappa shape index (κ2) is 13.3. The second-order valence-electron chi connectivity index (χ2n) is 14.0. The normalized spacial score (nSPS) is 21.6. The van der Waals surface area contributed by atoms with Crippen molar-refractivity contribution in [2.75, 3.05) is 29.0 Å². The first-order chi connectivity index (χ1) is 24.8. The quantitative estimate of drug-likeness (QED) is 0.144. The molecule has 0 radical (unpaired) electrons. The fraction of sp³-hybridized carbons (Fsp3) is 0.279.